The van der Waals surface area contributed by atoms with Crippen molar-refractivity contribution in [3.8, 4) is 0 Å². The van der Waals surface area contributed by atoms with Crippen LogP contribution in [0, 0.1) is 28.6 Å². The van der Waals surface area contributed by atoms with E-state index in [4.69, 9.17) is 0 Å². The lowest BCUT2D eigenvalue weighted by Crippen LogP contribution is -2.70. The standard InChI is InChI=1S/C22H31FO4/c1-12-9-17-15-6-8-21(27,13(2)24)20(15,4)11-18(26)22(17,23)19(3)7-5-14(25)10-16(12)19/h10,12,15,17-18,26-27H,5-9,11H2,1-4H3. The molecule has 4 rings (SSSR count). The zero-order chi connectivity index (χ0) is 20.0. The van der Waals surface area contributed by atoms with Gasteiger partial charge in [0.25, 0.3) is 0 Å². The summed E-state index contributed by atoms with van der Waals surface area (Å²) in [4.78, 5) is 24.3. The van der Waals surface area contributed by atoms with Gasteiger partial charge in [0.15, 0.2) is 11.6 Å². The molecular weight excluding hydrogens is 347 g/mol. The van der Waals surface area contributed by atoms with Gasteiger partial charge in [0.2, 0.25) is 0 Å². The minimum atomic E-state index is -1.84. The molecule has 0 spiro atoms. The second-order valence-electron chi connectivity index (χ2n) is 10.1. The first kappa shape index (κ1) is 19.3. The molecule has 2 N–H and O–H groups in total. The van der Waals surface area contributed by atoms with Gasteiger partial charge >= 0.3 is 0 Å². The summed E-state index contributed by atoms with van der Waals surface area (Å²) in [5.41, 5.74) is -4.19. The monoisotopic (exact) mass is 378 g/mol. The molecule has 0 aromatic carbocycles. The van der Waals surface area contributed by atoms with Crippen molar-refractivity contribution in [1.29, 1.82) is 0 Å². The van der Waals surface area contributed by atoms with Gasteiger partial charge < -0.3 is 10.2 Å². The number of aliphatic hydroxyl groups excluding tert-OH is 1. The van der Waals surface area contributed by atoms with Gasteiger partial charge in [-0.25, -0.2) is 4.39 Å². The number of allylic oxidation sites excluding steroid dienone is 1. The van der Waals surface area contributed by atoms with Crippen molar-refractivity contribution in [2.45, 2.75) is 83.6 Å². The Morgan fingerprint density at radius 2 is 1.93 bits per heavy atom. The van der Waals surface area contributed by atoms with Crippen LogP contribution >= 0.6 is 0 Å². The summed E-state index contributed by atoms with van der Waals surface area (Å²) in [5.74, 6) is -0.778. The van der Waals surface area contributed by atoms with Crippen LogP contribution in [-0.2, 0) is 9.59 Å². The SMILES string of the molecule is CC(=O)C1(O)CCC2C3CC(C)C4=CC(=O)CCC4(C)C3(F)C(O)CC21C. The Bertz CT molecular complexity index is 747. The van der Waals surface area contributed by atoms with E-state index in [0.717, 1.165) is 5.57 Å². The number of carbonyl (C=O) groups is 2. The number of rotatable bonds is 1. The van der Waals surface area contributed by atoms with E-state index in [-0.39, 0.29) is 29.8 Å². The van der Waals surface area contributed by atoms with Gasteiger partial charge in [0, 0.05) is 23.2 Å². The predicted molar refractivity (Wildman–Crippen MR) is 98.6 cm³/mol. The zero-order valence-corrected chi connectivity index (χ0v) is 16.7. The lowest BCUT2D eigenvalue weighted by molar-refractivity contribution is -0.230. The fraction of sp³-hybridized carbons (Fsp3) is 0.818. The number of halogens is 1. The molecule has 8 unspecified atom stereocenters. The van der Waals surface area contributed by atoms with Crippen molar-refractivity contribution in [2.75, 3.05) is 0 Å². The maximum atomic E-state index is 16.9. The first-order chi connectivity index (χ1) is 12.4. The maximum absolute atomic E-state index is 16.9. The summed E-state index contributed by atoms with van der Waals surface area (Å²) in [5, 5.41) is 22.3. The predicted octanol–water partition coefficient (Wildman–Crippen LogP) is 3.15. The molecule has 4 nitrogen and oxygen atoms in total. The fourth-order valence-electron chi connectivity index (χ4n) is 7.55. The smallest absolute Gasteiger partial charge is 0.161 e. The zero-order valence-electron chi connectivity index (χ0n) is 16.7. The van der Waals surface area contributed by atoms with Crippen molar-refractivity contribution in [2.24, 2.45) is 28.6 Å². The number of ketones is 2. The number of aliphatic hydroxyl groups is 2. The van der Waals surface area contributed by atoms with Crippen LogP contribution in [0.5, 0.6) is 0 Å². The molecule has 8 atom stereocenters. The summed E-state index contributed by atoms with van der Waals surface area (Å²) in [7, 11) is 0. The average Bonchev–Trinajstić information content (AvgIpc) is 2.85. The maximum Gasteiger partial charge on any atom is 0.161 e. The van der Waals surface area contributed by atoms with E-state index >= 15 is 4.39 Å². The number of hydrogen-bond acceptors (Lipinski definition) is 4. The Labute approximate surface area is 160 Å². The van der Waals surface area contributed by atoms with E-state index in [1.165, 1.54) is 6.92 Å². The van der Waals surface area contributed by atoms with Crippen LogP contribution in [0.3, 0.4) is 0 Å². The van der Waals surface area contributed by atoms with Gasteiger partial charge in [-0.1, -0.05) is 26.3 Å². The lowest BCUT2D eigenvalue weighted by Gasteiger charge is -2.64. The van der Waals surface area contributed by atoms with Gasteiger partial charge in [0.1, 0.15) is 11.3 Å². The highest BCUT2D eigenvalue weighted by Gasteiger charge is 2.74. The Balaban J connectivity index is 1.85. The van der Waals surface area contributed by atoms with Crippen molar-refractivity contribution in [3.05, 3.63) is 11.6 Å². The molecule has 0 bridgehead atoms. The molecule has 0 heterocycles. The third-order valence-electron chi connectivity index (χ3n) is 9.10. The van der Waals surface area contributed by atoms with E-state index in [1.807, 2.05) is 20.8 Å². The van der Waals surface area contributed by atoms with Crippen LogP contribution in [0.2, 0.25) is 0 Å². The topological polar surface area (TPSA) is 74.6 Å². The molecule has 0 aliphatic heterocycles. The third kappa shape index (κ3) is 2.05. The van der Waals surface area contributed by atoms with E-state index < -0.39 is 34.1 Å². The Morgan fingerprint density at radius 1 is 1.26 bits per heavy atom. The van der Waals surface area contributed by atoms with Gasteiger partial charge in [-0.15, -0.1) is 0 Å². The van der Waals surface area contributed by atoms with Gasteiger partial charge in [-0.2, -0.15) is 0 Å². The Morgan fingerprint density at radius 3 is 2.56 bits per heavy atom. The highest BCUT2D eigenvalue weighted by Crippen LogP contribution is 2.71. The van der Waals surface area contributed by atoms with Crippen molar-refractivity contribution in [3.63, 3.8) is 0 Å². The van der Waals surface area contributed by atoms with E-state index in [1.54, 1.807) is 6.08 Å². The summed E-state index contributed by atoms with van der Waals surface area (Å²) >= 11 is 0. The molecule has 0 amide bonds. The minimum absolute atomic E-state index is 0.0401. The lowest BCUT2D eigenvalue weighted by atomic mass is 9.42. The molecule has 3 saturated carbocycles. The molecule has 150 valence electrons. The summed E-state index contributed by atoms with van der Waals surface area (Å²) < 4.78 is 16.9. The Kier molecular flexibility index (Phi) is 3.93. The van der Waals surface area contributed by atoms with Crippen LogP contribution in [0.1, 0.15) is 66.2 Å². The first-order valence-corrected chi connectivity index (χ1v) is 10.3. The van der Waals surface area contributed by atoms with Gasteiger partial charge in [0.05, 0.1) is 6.10 Å². The second-order valence-corrected chi connectivity index (χ2v) is 10.1. The molecule has 0 aromatic heterocycles. The normalized spacial score (nSPS) is 54.6. The molecule has 27 heavy (non-hydrogen) atoms. The minimum Gasteiger partial charge on any atom is -0.390 e. The fourth-order valence-corrected chi connectivity index (χ4v) is 7.55. The Hall–Kier alpha value is -1.07. The van der Waals surface area contributed by atoms with Crippen LogP contribution in [0.25, 0.3) is 0 Å². The highest BCUT2D eigenvalue weighted by molar-refractivity contribution is 5.92. The molecular formula is C22H31FO4. The number of fused-ring (bicyclic) bond motifs is 5. The second kappa shape index (κ2) is 5.50. The molecule has 4 aliphatic rings. The molecule has 0 radical (unpaired) electrons. The number of hydrogen-bond donors (Lipinski definition) is 2. The summed E-state index contributed by atoms with van der Waals surface area (Å²) in [6.07, 6.45) is 2.60. The summed E-state index contributed by atoms with van der Waals surface area (Å²) in [6, 6.07) is 0. The van der Waals surface area contributed by atoms with Crippen LogP contribution in [0.15, 0.2) is 11.6 Å². The van der Waals surface area contributed by atoms with Crippen molar-refractivity contribution < 1.29 is 24.2 Å². The highest BCUT2D eigenvalue weighted by atomic mass is 19.1. The van der Waals surface area contributed by atoms with E-state index in [9.17, 15) is 19.8 Å². The molecule has 3 fully saturated rings. The first-order valence-electron chi connectivity index (χ1n) is 10.3. The van der Waals surface area contributed by atoms with Gasteiger partial charge in [-0.05, 0) is 56.9 Å². The van der Waals surface area contributed by atoms with Crippen molar-refractivity contribution >= 4 is 11.6 Å². The van der Waals surface area contributed by atoms with Crippen molar-refractivity contribution in [1.82, 2.24) is 0 Å². The van der Waals surface area contributed by atoms with E-state index in [2.05, 4.69) is 0 Å². The third-order valence-corrected chi connectivity index (χ3v) is 9.10. The molecule has 5 heteroatoms. The van der Waals surface area contributed by atoms with E-state index in [0.29, 0.717) is 32.1 Å². The summed E-state index contributed by atoms with van der Waals surface area (Å²) in [6.45, 7) is 7.16. The largest absolute Gasteiger partial charge is 0.390 e. The number of Topliss-reactive ketones (excluding diaryl/α,β-unsaturated/α-hetero) is 1. The van der Waals surface area contributed by atoms with Gasteiger partial charge in [-0.3, -0.25) is 9.59 Å². The molecule has 0 saturated heterocycles. The van der Waals surface area contributed by atoms with Crippen LogP contribution in [0.4, 0.5) is 4.39 Å². The molecule has 0 aromatic rings. The average molecular weight is 378 g/mol. The number of carbonyl (C=O) groups excluding carboxylic acids is 2. The van der Waals surface area contributed by atoms with Crippen LogP contribution < -0.4 is 0 Å². The number of alkyl halides is 1. The quantitative estimate of drug-likeness (QED) is 0.735. The van der Waals surface area contributed by atoms with Crippen LogP contribution in [-0.4, -0.2) is 39.2 Å². The molecule has 4 aliphatic carbocycles.